The molecule has 0 radical (unpaired) electrons. The largest absolute Gasteiger partial charge is 0.497 e. The fourth-order valence-corrected chi connectivity index (χ4v) is 3.27. The summed E-state index contributed by atoms with van der Waals surface area (Å²) >= 11 is 0. The zero-order chi connectivity index (χ0) is 17.6. The van der Waals surface area contributed by atoms with Crippen LogP contribution in [0.4, 0.5) is 0 Å². The van der Waals surface area contributed by atoms with E-state index in [1.165, 1.54) is 5.56 Å². The Kier molecular flexibility index (Phi) is 7.67. The lowest BCUT2D eigenvalue weighted by Gasteiger charge is -2.21. The van der Waals surface area contributed by atoms with Crippen molar-refractivity contribution in [2.45, 2.75) is 32.4 Å². The molecule has 0 bridgehead atoms. The van der Waals surface area contributed by atoms with Gasteiger partial charge in [0.15, 0.2) is 11.8 Å². The Labute approximate surface area is 171 Å². The van der Waals surface area contributed by atoms with E-state index >= 15 is 0 Å². The molecular weight excluding hydrogens is 443 g/mol. The van der Waals surface area contributed by atoms with Gasteiger partial charge in [0.25, 0.3) is 0 Å². The molecule has 0 saturated carbocycles. The van der Waals surface area contributed by atoms with Gasteiger partial charge in [-0.15, -0.1) is 34.2 Å². The van der Waals surface area contributed by atoms with Crippen LogP contribution in [0.25, 0.3) is 0 Å². The van der Waals surface area contributed by atoms with Gasteiger partial charge < -0.3 is 19.5 Å². The molecule has 0 spiro atoms. The normalized spacial score (nSPS) is 17.1. The Bertz CT molecular complexity index is 715. The van der Waals surface area contributed by atoms with Gasteiger partial charge in [0, 0.05) is 32.6 Å². The monoisotopic (exact) mass is 470 g/mol. The molecule has 2 heterocycles. The molecular formula is C18H27IN6O. The molecule has 1 saturated heterocycles. The number of aryl methyl sites for hydroxylation is 1. The van der Waals surface area contributed by atoms with Gasteiger partial charge in [0.1, 0.15) is 12.1 Å². The van der Waals surface area contributed by atoms with E-state index in [0.717, 1.165) is 43.6 Å². The highest BCUT2D eigenvalue weighted by Crippen LogP contribution is 2.28. The van der Waals surface area contributed by atoms with Gasteiger partial charge in [0.2, 0.25) is 0 Å². The van der Waals surface area contributed by atoms with Crippen molar-refractivity contribution in [3.8, 4) is 5.75 Å². The number of methoxy groups -OCH3 is 1. The van der Waals surface area contributed by atoms with Crippen LogP contribution in [0.15, 0.2) is 35.6 Å². The summed E-state index contributed by atoms with van der Waals surface area (Å²) < 4.78 is 7.27. The summed E-state index contributed by atoms with van der Waals surface area (Å²) in [5.41, 5.74) is 1.35. The van der Waals surface area contributed by atoms with Crippen LogP contribution in [-0.4, -0.2) is 52.9 Å². The van der Waals surface area contributed by atoms with Gasteiger partial charge in [-0.25, -0.2) is 0 Å². The Balaban J connectivity index is 0.00000243. The molecule has 7 nitrogen and oxygen atoms in total. The predicted molar refractivity (Wildman–Crippen MR) is 113 cm³/mol. The topological polar surface area (TPSA) is 67.6 Å². The zero-order valence-electron chi connectivity index (χ0n) is 15.6. The maximum atomic E-state index is 5.24. The number of hydrogen-bond acceptors (Lipinski definition) is 4. The number of aromatic nitrogens is 3. The molecule has 3 rings (SSSR count). The van der Waals surface area contributed by atoms with E-state index in [2.05, 4.69) is 44.5 Å². The molecule has 1 atom stereocenters. The molecule has 142 valence electrons. The van der Waals surface area contributed by atoms with E-state index < -0.39 is 0 Å². The van der Waals surface area contributed by atoms with E-state index in [4.69, 9.17) is 4.74 Å². The zero-order valence-corrected chi connectivity index (χ0v) is 17.9. The highest BCUT2D eigenvalue weighted by Gasteiger charge is 2.26. The van der Waals surface area contributed by atoms with Gasteiger partial charge in [-0.05, 0) is 31.0 Å². The highest BCUT2D eigenvalue weighted by molar-refractivity contribution is 14.0. The maximum Gasteiger partial charge on any atom is 0.194 e. The third-order valence-corrected chi connectivity index (χ3v) is 4.73. The van der Waals surface area contributed by atoms with E-state index in [9.17, 15) is 0 Å². The van der Waals surface area contributed by atoms with Crippen LogP contribution in [0.1, 0.15) is 30.7 Å². The molecule has 2 aromatic rings. The molecule has 1 N–H and O–H groups in total. The maximum absolute atomic E-state index is 5.24. The first-order valence-electron chi connectivity index (χ1n) is 8.71. The second-order valence-electron chi connectivity index (χ2n) is 6.14. The average molecular weight is 470 g/mol. The Morgan fingerprint density at radius 1 is 1.35 bits per heavy atom. The number of nitrogens with zero attached hydrogens (tertiary/aromatic N) is 5. The number of ether oxygens (including phenoxy) is 1. The minimum atomic E-state index is 0. The minimum absolute atomic E-state index is 0. The van der Waals surface area contributed by atoms with Crippen molar-refractivity contribution >= 4 is 29.9 Å². The summed E-state index contributed by atoms with van der Waals surface area (Å²) in [5, 5.41) is 11.5. The minimum Gasteiger partial charge on any atom is -0.497 e. The number of guanidine groups is 1. The number of benzene rings is 1. The summed E-state index contributed by atoms with van der Waals surface area (Å²) in [6.45, 7) is 5.54. The summed E-state index contributed by atoms with van der Waals surface area (Å²) in [6.07, 6.45) is 2.88. The SMILES string of the molecule is CCn1cnnc1CNC(=NC)N1CCC(c2ccc(OC)cc2)C1.I. The number of nitrogens with one attached hydrogen (secondary N) is 1. The predicted octanol–water partition coefficient (Wildman–Crippen LogP) is 2.49. The molecule has 0 aliphatic carbocycles. The molecule has 1 aromatic carbocycles. The van der Waals surface area contributed by atoms with Crippen molar-refractivity contribution in [1.82, 2.24) is 25.0 Å². The average Bonchev–Trinajstić information content (AvgIpc) is 3.32. The fraction of sp³-hybridized carbons (Fsp3) is 0.500. The lowest BCUT2D eigenvalue weighted by Crippen LogP contribution is -2.40. The summed E-state index contributed by atoms with van der Waals surface area (Å²) in [4.78, 5) is 6.74. The highest BCUT2D eigenvalue weighted by atomic mass is 127. The number of likely N-dealkylation sites (tertiary alicyclic amines) is 1. The Morgan fingerprint density at radius 3 is 2.77 bits per heavy atom. The molecule has 1 aliphatic rings. The standard InChI is InChI=1S/C18H26N6O.HI/c1-4-23-13-21-22-17(23)11-20-18(19-2)24-10-9-15(12-24)14-5-7-16(25-3)8-6-14;/h5-8,13,15H,4,9-12H2,1-3H3,(H,19,20);1H. The van der Waals surface area contributed by atoms with Crippen molar-refractivity contribution in [3.63, 3.8) is 0 Å². The van der Waals surface area contributed by atoms with Crippen LogP contribution >= 0.6 is 24.0 Å². The lowest BCUT2D eigenvalue weighted by molar-refractivity contribution is 0.414. The summed E-state index contributed by atoms with van der Waals surface area (Å²) in [7, 11) is 3.52. The van der Waals surface area contributed by atoms with Crippen LogP contribution in [0.3, 0.4) is 0 Å². The molecule has 0 amide bonds. The van der Waals surface area contributed by atoms with E-state index in [0.29, 0.717) is 12.5 Å². The molecule has 8 heteroatoms. The van der Waals surface area contributed by atoms with Gasteiger partial charge in [0.05, 0.1) is 13.7 Å². The smallest absolute Gasteiger partial charge is 0.194 e. The summed E-state index contributed by atoms with van der Waals surface area (Å²) in [6, 6.07) is 8.38. The molecule has 1 aromatic heterocycles. The third kappa shape index (κ3) is 4.66. The van der Waals surface area contributed by atoms with Crippen LogP contribution in [0.5, 0.6) is 5.75 Å². The van der Waals surface area contributed by atoms with Crippen molar-refractivity contribution < 1.29 is 4.74 Å². The molecule has 26 heavy (non-hydrogen) atoms. The second kappa shape index (κ2) is 9.75. The number of hydrogen-bond donors (Lipinski definition) is 1. The quantitative estimate of drug-likeness (QED) is 0.413. The number of halogens is 1. The number of aliphatic imine (C=N–C) groups is 1. The van der Waals surface area contributed by atoms with E-state index in [1.807, 2.05) is 23.7 Å². The van der Waals surface area contributed by atoms with Crippen molar-refractivity contribution in [3.05, 3.63) is 42.0 Å². The van der Waals surface area contributed by atoms with Crippen molar-refractivity contribution in [2.24, 2.45) is 4.99 Å². The van der Waals surface area contributed by atoms with Gasteiger partial charge in [-0.3, -0.25) is 4.99 Å². The van der Waals surface area contributed by atoms with Crippen LogP contribution < -0.4 is 10.1 Å². The van der Waals surface area contributed by atoms with E-state index in [-0.39, 0.29) is 24.0 Å². The van der Waals surface area contributed by atoms with E-state index in [1.54, 1.807) is 13.4 Å². The van der Waals surface area contributed by atoms with Crippen LogP contribution in [0, 0.1) is 0 Å². The van der Waals surface area contributed by atoms with Gasteiger partial charge in [-0.2, -0.15) is 0 Å². The third-order valence-electron chi connectivity index (χ3n) is 4.73. The van der Waals surface area contributed by atoms with Gasteiger partial charge in [-0.1, -0.05) is 12.1 Å². The fourth-order valence-electron chi connectivity index (χ4n) is 3.27. The second-order valence-corrected chi connectivity index (χ2v) is 6.14. The Hall–Kier alpha value is -1.84. The molecule has 1 aliphatic heterocycles. The van der Waals surface area contributed by atoms with Gasteiger partial charge >= 0.3 is 0 Å². The van der Waals surface area contributed by atoms with Crippen molar-refractivity contribution in [1.29, 1.82) is 0 Å². The molecule has 1 fully saturated rings. The first kappa shape index (κ1) is 20.5. The van der Waals surface area contributed by atoms with Crippen LogP contribution in [0.2, 0.25) is 0 Å². The number of rotatable bonds is 5. The first-order chi connectivity index (χ1) is 12.2. The van der Waals surface area contributed by atoms with Crippen LogP contribution in [-0.2, 0) is 13.1 Å². The summed E-state index contributed by atoms with van der Waals surface area (Å²) in [5.74, 6) is 3.26. The first-order valence-corrected chi connectivity index (χ1v) is 8.71. The Morgan fingerprint density at radius 2 is 2.12 bits per heavy atom. The van der Waals surface area contributed by atoms with Crippen molar-refractivity contribution in [2.75, 3.05) is 27.2 Å². The molecule has 1 unspecified atom stereocenters. The lowest BCUT2D eigenvalue weighted by atomic mass is 9.98.